The Morgan fingerprint density at radius 2 is 1.70 bits per heavy atom. The molecule has 0 bridgehead atoms. The fourth-order valence-electron chi connectivity index (χ4n) is 3.32. The van der Waals surface area contributed by atoms with E-state index in [1.54, 1.807) is 12.1 Å². The van der Waals surface area contributed by atoms with Gasteiger partial charge in [0, 0.05) is 17.0 Å². The minimum atomic E-state index is -0.144. The highest BCUT2D eigenvalue weighted by atomic mass is 32.2. The summed E-state index contributed by atoms with van der Waals surface area (Å²) in [4.78, 5) is 24.9. The van der Waals surface area contributed by atoms with E-state index in [4.69, 9.17) is 9.47 Å². The molecule has 4 rings (SSSR count). The van der Waals surface area contributed by atoms with Gasteiger partial charge in [-0.1, -0.05) is 30.3 Å². The van der Waals surface area contributed by atoms with Crippen molar-refractivity contribution in [3.63, 3.8) is 0 Å². The van der Waals surface area contributed by atoms with E-state index in [-0.39, 0.29) is 11.8 Å². The molecule has 2 N–H and O–H groups in total. The summed E-state index contributed by atoms with van der Waals surface area (Å²) in [5.74, 6) is 1.82. The highest BCUT2D eigenvalue weighted by Crippen LogP contribution is 2.31. The molecule has 3 aromatic carbocycles. The molecule has 0 radical (unpaired) electrons. The van der Waals surface area contributed by atoms with Crippen LogP contribution in [0.15, 0.2) is 77.7 Å². The minimum Gasteiger partial charge on any atom is -0.494 e. The first kappa shape index (κ1) is 22.7. The molecule has 0 aromatic heterocycles. The summed E-state index contributed by atoms with van der Waals surface area (Å²) < 4.78 is 11.6. The third kappa shape index (κ3) is 6.76. The maximum atomic E-state index is 12.4. The first-order chi connectivity index (χ1) is 16.2. The van der Waals surface area contributed by atoms with Crippen LogP contribution in [0.4, 0.5) is 5.69 Å². The van der Waals surface area contributed by atoms with E-state index in [1.807, 2.05) is 60.7 Å². The summed E-state index contributed by atoms with van der Waals surface area (Å²) in [6.07, 6.45) is 1.63. The second-order valence-corrected chi connectivity index (χ2v) is 8.62. The topological polar surface area (TPSA) is 76.7 Å². The summed E-state index contributed by atoms with van der Waals surface area (Å²) >= 11 is 1.48. The van der Waals surface area contributed by atoms with Crippen molar-refractivity contribution in [1.82, 2.24) is 5.32 Å². The van der Waals surface area contributed by atoms with Gasteiger partial charge < -0.3 is 20.1 Å². The standard InChI is InChI=1S/C26H26N2O4S/c29-25-18-33-24-13-8-20(16-23(24)28-25)26(30)27-14-4-5-15-31-21-9-11-22(12-10-21)32-17-19-6-2-1-3-7-19/h1-3,6-13,16H,4-5,14-15,17-18H2,(H,27,30)(H,28,29). The molecule has 170 valence electrons. The van der Waals surface area contributed by atoms with Gasteiger partial charge in [-0.3, -0.25) is 9.59 Å². The van der Waals surface area contributed by atoms with Crippen molar-refractivity contribution >= 4 is 29.3 Å². The van der Waals surface area contributed by atoms with E-state index in [9.17, 15) is 9.59 Å². The Morgan fingerprint density at radius 1 is 0.939 bits per heavy atom. The number of thioether (sulfide) groups is 1. The number of carbonyl (C=O) groups excluding carboxylic acids is 2. The monoisotopic (exact) mass is 462 g/mol. The maximum absolute atomic E-state index is 12.4. The summed E-state index contributed by atoms with van der Waals surface area (Å²) in [7, 11) is 0. The lowest BCUT2D eigenvalue weighted by molar-refractivity contribution is -0.113. The number of ether oxygens (including phenoxy) is 2. The number of hydrogen-bond acceptors (Lipinski definition) is 5. The number of benzene rings is 3. The lowest BCUT2D eigenvalue weighted by Gasteiger charge is -2.17. The molecule has 6 nitrogen and oxygen atoms in total. The van der Waals surface area contributed by atoms with Crippen molar-refractivity contribution in [2.24, 2.45) is 0 Å². The number of nitrogens with one attached hydrogen (secondary N) is 2. The van der Waals surface area contributed by atoms with Crippen LogP contribution in [0.1, 0.15) is 28.8 Å². The van der Waals surface area contributed by atoms with Gasteiger partial charge in [0.25, 0.3) is 5.91 Å². The van der Waals surface area contributed by atoms with Crippen LogP contribution in [-0.2, 0) is 11.4 Å². The van der Waals surface area contributed by atoms with Crippen LogP contribution in [0.25, 0.3) is 0 Å². The summed E-state index contributed by atoms with van der Waals surface area (Å²) in [5, 5.41) is 5.73. The van der Waals surface area contributed by atoms with Crippen molar-refractivity contribution in [2.75, 3.05) is 24.2 Å². The smallest absolute Gasteiger partial charge is 0.251 e. The summed E-state index contributed by atoms with van der Waals surface area (Å²) in [6, 6.07) is 23.0. The van der Waals surface area contributed by atoms with E-state index in [2.05, 4.69) is 10.6 Å². The van der Waals surface area contributed by atoms with Crippen LogP contribution in [0, 0.1) is 0 Å². The van der Waals surface area contributed by atoms with Crippen molar-refractivity contribution < 1.29 is 19.1 Å². The number of hydrogen-bond donors (Lipinski definition) is 2. The molecule has 3 aromatic rings. The predicted octanol–water partition coefficient (Wildman–Crippen LogP) is 4.90. The van der Waals surface area contributed by atoms with E-state index in [0.717, 1.165) is 34.8 Å². The van der Waals surface area contributed by atoms with Crippen molar-refractivity contribution in [3.8, 4) is 11.5 Å². The van der Waals surface area contributed by atoms with Gasteiger partial charge in [0.05, 0.1) is 18.0 Å². The normalized spacial score (nSPS) is 12.4. The molecule has 0 saturated carbocycles. The molecule has 0 spiro atoms. The molecule has 0 saturated heterocycles. The van der Waals surface area contributed by atoms with Gasteiger partial charge in [0.15, 0.2) is 0 Å². The first-order valence-electron chi connectivity index (χ1n) is 10.9. The van der Waals surface area contributed by atoms with Crippen molar-refractivity contribution in [3.05, 3.63) is 83.9 Å². The van der Waals surface area contributed by atoms with Crippen LogP contribution in [-0.4, -0.2) is 30.7 Å². The zero-order valence-electron chi connectivity index (χ0n) is 18.2. The van der Waals surface area contributed by atoms with Gasteiger partial charge in [-0.05, 0) is 60.9 Å². The van der Waals surface area contributed by atoms with Gasteiger partial charge in [0.1, 0.15) is 18.1 Å². The molecule has 0 fully saturated rings. The Labute approximate surface area is 197 Å². The predicted molar refractivity (Wildman–Crippen MR) is 130 cm³/mol. The third-order valence-corrected chi connectivity index (χ3v) is 6.15. The van der Waals surface area contributed by atoms with Crippen LogP contribution >= 0.6 is 11.8 Å². The zero-order valence-corrected chi connectivity index (χ0v) is 19.0. The van der Waals surface area contributed by atoms with Crippen LogP contribution in [0.2, 0.25) is 0 Å². The Bertz CT molecular complexity index is 1090. The van der Waals surface area contributed by atoms with E-state index < -0.39 is 0 Å². The van der Waals surface area contributed by atoms with Gasteiger partial charge in [-0.25, -0.2) is 0 Å². The fourth-order valence-corrected chi connectivity index (χ4v) is 4.11. The lowest BCUT2D eigenvalue weighted by Crippen LogP contribution is -2.25. The van der Waals surface area contributed by atoms with E-state index >= 15 is 0 Å². The average Bonchev–Trinajstić information content (AvgIpc) is 2.85. The molecule has 0 unspecified atom stereocenters. The van der Waals surface area contributed by atoms with Crippen molar-refractivity contribution in [2.45, 2.75) is 24.3 Å². The summed E-state index contributed by atoms with van der Waals surface area (Å²) in [5.41, 5.74) is 2.37. The minimum absolute atomic E-state index is 0.0422. The third-order valence-electron chi connectivity index (χ3n) is 5.07. The van der Waals surface area contributed by atoms with Gasteiger partial charge in [0.2, 0.25) is 5.91 Å². The Kier molecular flexibility index (Phi) is 7.87. The number of anilines is 1. The van der Waals surface area contributed by atoms with Crippen LogP contribution in [0.5, 0.6) is 11.5 Å². The summed E-state index contributed by atoms with van der Waals surface area (Å²) in [6.45, 7) is 1.67. The Balaban J connectivity index is 1.12. The second-order valence-electron chi connectivity index (χ2n) is 7.60. The maximum Gasteiger partial charge on any atom is 0.251 e. The number of amides is 2. The molecule has 0 atom stereocenters. The molecule has 7 heteroatoms. The Hall–Kier alpha value is -3.45. The molecule has 33 heavy (non-hydrogen) atoms. The average molecular weight is 463 g/mol. The molecule has 1 heterocycles. The fraction of sp³-hybridized carbons (Fsp3) is 0.231. The second kappa shape index (κ2) is 11.4. The van der Waals surface area contributed by atoms with Gasteiger partial charge in [-0.2, -0.15) is 0 Å². The zero-order chi connectivity index (χ0) is 22.9. The largest absolute Gasteiger partial charge is 0.494 e. The van der Waals surface area contributed by atoms with Gasteiger partial charge >= 0.3 is 0 Å². The van der Waals surface area contributed by atoms with Gasteiger partial charge in [-0.15, -0.1) is 11.8 Å². The quantitative estimate of drug-likeness (QED) is 0.419. The molecule has 1 aliphatic heterocycles. The SMILES string of the molecule is O=C1CSc2ccc(C(=O)NCCCCOc3ccc(OCc4ccccc4)cc3)cc2N1. The molecule has 2 amide bonds. The van der Waals surface area contributed by atoms with E-state index in [1.165, 1.54) is 11.8 Å². The first-order valence-corrected chi connectivity index (χ1v) is 11.9. The molecular formula is C26H26N2O4S. The lowest BCUT2D eigenvalue weighted by atomic mass is 10.1. The number of unbranched alkanes of at least 4 members (excludes halogenated alkanes) is 1. The number of carbonyl (C=O) groups is 2. The highest BCUT2D eigenvalue weighted by molar-refractivity contribution is 8.00. The highest BCUT2D eigenvalue weighted by Gasteiger charge is 2.17. The molecule has 1 aliphatic rings. The Morgan fingerprint density at radius 3 is 2.48 bits per heavy atom. The van der Waals surface area contributed by atoms with E-state index in [0.29, 0.717) is 36.8 Å². The number of fused-ring (bicyclic) bond motifs is 1. The molecular weight excluding hydrogens is 436 g/mol. The molecule has 0 aliphatic carbocycles. The van der Waals surface area contributed by atoms with Crippen LogP contribution < -0.4 is 20.1 Å². The number of rotatable bonds is 10. The van der Waals surface area contributed by atoms with Crippen LogP contribution in [0.3, 0.4) is 0 Å². The van der Waals surface area contributed by atoms with Crippen molar-refractivity contribution in [1.29, 1.82) is 0 Å².